The quantitative estimate of drug-likeness (QED) is 0.840. The van der Waals surface area contributed by atoms with Crippen molar-refractivity contribution in [2.75, 3.05) is 0 Å². The molecule has 0 aliphatic heterocycles. The van der Waals surface area contributed by atoms with Crippen LogP contribution >= 0.6 is 0 Å². The van der Waals surface area contributed by atoms with Gasteiger partial charge in [0.15, 0.2) is 5.69 Å². The van der Waals surface area contributed by atoms with Gasteiger partial charge in [0, 0.05) is 24.2 Å². The van der Waals surface area contributed by atoms with Crippen molar-refractivity contribution in [3.05, 3.63) is 42.0 Å². The summed E-state index contributed by atoms with van der Waals surface area (Å²) in [6, 6.07) is 1.58. The van der Waals surface area contributed by atoms with Crippen molar-refractivity contribution in [3.63, 3.8) is 0 Å². The Morgan fingerprint density at radius 1 is 1.26 bits per heavy atom. The van der Waals surface area contributed by atoms with E-state index in [0.29, 0.717) is 5.57 Å². The Morgan fingerprint density at radius 2 is 1.89 bits per heavy atom. The fourth-order valence-electron chi connectivity index (χ4n) is 1.54. The summed E-state index contributed by atoms with van der Waals surface area (Å²) in [6.07, 6.45) is 1.26. The van der Waals surface area contributed by atoms with E-state index in [2.05, 4.69) is 15.1 Å². The van der Waals surface area contributed by atoms with Gasteiger partial charge in [-0.25, -0.2) is 14.6 Å². The zero-order valence-electron chi connectivity index (χ0n) is 10.3. The number of hydrogen-bond donors (Lipinski definition) is 0. The molecule has 0 unspecified atom stereocenters. The van der Waals surface area contributed by atoms with Gasteiger partial charge in [-0.3, -0.25) is 0 Å². The third-order valence-electron chi connectivity index (χ3n) is 2.60. The van der Waals surface area contributed by atoms with Gasteiger partial charge < -0.3 is 0 Å². The molecule has 0 atom stereocenters. The van der Waals surface area contributed by atoms with Crippen molar-refractivity contribution < 1.29 is 13.2 Å². The van der Waals surface area contributed by atoms with Crippen LogP contribution < -0.4 is 0 Å². The Morgan fingerprint density at radius 3 is 2.42 bits per heavy atom. The highest BCUT2D eigenvalue weighted by molar-refractivity contribution is 5.65. The molecule has 0 saturated carbocycles. The van der Waals surface area contributed by atoms with Crippen molar-refractivity contribution in [1.29, 1.82) is 0 Å². The van der Waals surface area contributed by atoms with E-state index in [4.69, 9.17) is 0 Å². The average Bonchev–Trinajstić information content (AvgIpc) is 2.84. The highest BCUT2D eigenvalue weighted by atomic mass is 19.4. The summed E-state index contributed by atoms with van der Waals surface area (Å²) in [7, 11) is 0. The molecule has 2 heterocycles. The van der Waals surface area contributed by atoms with Gasteiger partial charge in [-0.05, 0) is 25.5 Å². The van der Waals surface area contributed by atoms with Gasteiger partial charge >= 0.3 is 6.18 Å². The van der Waals surface area contributed by atoms with E-state index in [0.717, 1.165) is 4.68 Å². The zero-order chi connectivity index (χ0) is 14.0. The Labute approximate surface area is 107 Å². The molecule has 0 aliphatic carbocycles. The predicted molar refractivity (Wildman–Crippen MR) is 63.5 cm³/mol. The lowest BCUT2D eigenvalue weighted by Crippen LogP contribution is -2.10. The molecular formula is C12H11F3N4. The van der Waals surface area contributed by atoms with Crippen LogP contribution in [0.15, 0.2) is 30.7 Å². The molecule has 0 amide bonds. The summed E-state index contributed by atoms with van der Waals surface area (Å²) in [5.74, 6) is 0.100. The summed E-state index contributed by atoms with van der Waals surface area (Å²) >= 11 is 0. The minimum atomic E-state index is -4.51. The second-order valence-electron chi connectivity index (χ2n) is 3.85. The van der Waals surface area contributed by atoms with E-state index >= 15 is 0 Å². The highest BCUT2D eigenvalue weighted by Crippen LogP contribution is 2.34. The van der Waals surface area contributed by atoms with Crippen molar-refractivity contribution >= 4 is 5.57 Å². The number of aromatic nitrogens is 4. The Kier molecular flexibility index (Phi) is 3.37. The molecule has 7 heteroatoms. The Bertz CT molecular complexity index is 599. The van der Waals surface area contributed by atoms with Crippen molar-refractivity contribution in [2.24, 2.45) is 0 Å². The van der Waals surface area contributed by atoms with Crippen LogP contribution in [-0.4, -0.2) is 19.7 Å². The maximum atomic E-state index is 12.9. The molecular weight excluding hydrogens is 257 g/mol. The standard InChI is InChI=1S/C12H11F3N4/c1-3-8(2)9-7-19(11-16-5-4-6-17-11)18-10(9)12(13,14)15/h3-7H,1-2H3/b8-3+. The minimum absolute atomic E-state index is 0.0300. The van der Waals surface area contributed by atoms with Crippen molar-refractivity contribution in [1.82, 2.24) is 19.7 Å². The van der Waals surface area contributed by atoms with Crippen LogP contribution in [0.5, 0.6) is 0 Å². The van der Waals surface area contributed by atoms with E-state index in [1.807, 2.05) is 0 Å². The maximum Gasteiger partial charge on any atom is 0.435 e. The highest BCUT2D eigenvalue weighted by Gasteiger charge is 2.37. The second kappa shape index (κ2) is 4.83. The first-order valence-corrected chi connectivity index (χ1v) is 5.51. The molecule has 100 valence electrons. The van der Waals surface area contributed by atoms with E-state index < -0.39 is 11.9 Å². The lowest BCUT2D eigenvalue weighted by molar-refractivity contribution is -0.141. The van der Waals surface area contributed by atoms with E-state index in [9.17, 15) is 13.2 Å². The first kappa shape index (κ1) is 13.3. The third-order valence-corrected chi connectivity index (χ3v) is 2.60. The summed E-state index contributed by atoms with van der Waals surface area (Å²) < 4.78 is 39.8. The average molecular weight is 268 g/mol. The minimum Gasteiger partial charge on any atom is -0.220 e. The van der Waals surface area contributed by atoms with Crippen LogP contribution in [-0.2, 0) is 6.18 Å². The first-order chi connectivity index (χ1) is 8.93. The van der Waals surface area contributed by atoms with Crippen LogP contribution in [0.4, 0.5) is 13.2 Å². The molecule has 0 aliphatic rings. The number of alkyl halides is 3. The number of nitrogens with zero attached hydrogens (tertiary/aromatic N) is 4. The molecule has 0 fully saturated rings. The SMILES string of the molecule is C/C=C(\C)c1cn(-c2ncccn2)nc1C(F)(F)F. The molecule has 2 aromatic rings. The van der Waals surface area contributed by atoms with Crippen LogP contribution in [0.25, 0.3) is 11.5 Å². The van der Waals surface area contributed by atoms with Crippen molar-refractivity contribution in [2.45, 2.75) is 20.0 Å². The Balaban J connectivity index is 2.59. The second-order valence-corrected chi connectivity index (χ2v) is 3.85. The molecule has 0 spiro atoms. The molecule has 0 saturated heterocycles. The molecule has 2 aromatic heterocycles. The van der Waals surface area contributed by atoms with E-state index in [-0.39, 0.29) is 11.5 Å². The van der Waals surface area contributed by atoms with Crippen LogP contribution in [0.2, 0.25) is 0 Å². The monoisotopic (exact) mass is 268 g/mol. The number of allylic oxidation sites excluding steroid dienone is 2. The topological polar surface area (TPSA) is 43.6 Å². The third kappa shape index (κ3) is 2.64. The first-order valence-electron chi connectivity index (χ1n) is 5.51. The number of halogens is 3. The number of hydrogen-bond acceptors (Lipinski definition) is 3. The lowest BCUT2D eigenvalue weighted by atomic mass is 10.1. The summed E-state index contributed by atoms with van der Waals surface area (Å²) in [5, 5.41) is 3.55. The molecule has 0 aromatic carbocycles. The maximum absolute atomic E-state index is 12.9. The summed E-state index contributed by atoms with van der Waals surface area (Å²) in [4.78, 5) is 7.75. The molecule has 0 bridgehead atoms. The van der Waals surface area contributed by atoms with Gasteiger partial charge in [-0.15, -0.1) is 0 Å². The summed E-state index contributed by atoms with van der Waals surface area (Å²) in [6.45, 7) is 3.27. The number of rotatable bonds is 2. The van der Waals surface area contributed by atoms with Crippen LogP contribution in [0.3, 0.4) is 0 Å². The summed E-state index contributed by atoms with van der Waals surface area (Å²) in [5.41, 5.74) is -0.410. The fourth-order valence-corrected chi connectivity index (χ4v) is 1.54. The van der Waals surface area contributed by atoms with Crippen LogP contribution in [0, 0.1) is 0 Å². The van der Waals surface area contributed by atoms with Gasteiger partial charge in [0.25, 0.3) is 0 Å². The van der Waals surface area contributed by atoms with Gasteiger partial charge in [0.05, 0.1) is 0 Å². The lowest BCUT2D eigenvalue weighted by Gasteiger charge is -2.05. The molecule has 19 heavy (non-hydrogen) atoms. The van der Waals surface area contributed by atoms with Gasteiger partial charge in [-0.1, -0.05) is 6.08 Å². The van der Waals surface area contributed by atoms with E-state index in [1.165, 1.54) is 18.6 Å². The van der Waals surface area contributed by atoms with Crippen molar-refractivity contribution in [3.8, 4) is 5.95 Å². The van der Waals surface area contributed by atoms with Gasteiger partial charge in [-0.2, -0.15) is 18.3 Å². The zero-order valence-corrected chi connectivity index (χ0v) is 10.3. The van der Waals surface area contributed by atoms with Crippen LogP contribution in [0.1, 0.15) is 25.1 Å². The smallest absolute Gasteiger partial charge is 0.220 e. The normalized spacial score (nSPS) is 12.8. The molecule has 0 radical (unpaired) electrons. The molecule has 4 nitrogen and oxygen atoms in total. The Hall–Kier alpha value is -2.18. The van der Waals surface area contributed by atoms with Gasteiger partial charge in [0.1, 0.15) is 0 Å². The fraction of sp³-hybridized carbons (Fsp3) is 0.250. The van der Waals surface area contributed by atoms with Gasteiger partial charge in [0.2, 0.25) is 5.95 Å². The molecule has 0 N–H and O–H groups in total. The van der Waals surface area contributed by atoms with E-state index in [1.54, 1.807) is 26.0 Å². The predicted octanol–water partition coefficient (Wildman–Crippen LogP) is 3.10. The molecule has 2 rings (SSSR count). The largest absolute Gasteiger partial charge is 0.435 e.